The smallest absolute Gasteiger partial charge is 0.260 e. The molecule has 25 heavy (non-hydrogen) atoms. The van der Waals surface area contributed by atoms with Crippen LogP contribution in [0.25, 0.3) is 0 Å². The number of oxime groups is 1. The van der Waals surface area contributed by atoms with Crippen molar-refractivity contribution in [1.29, 1.82) is 0 Å². The Morgan fingerprint density at radius 1 is 1.44 bits per heavy atom. The third-order valence-electron chi connectivity index (χ3n) is 3.49. The van der Waals surface area contributed by atoms with Crippen molar-refractivity contribution in [2.75, 3.05) is 26.0 Å². The average molecular weight is 367 g/mol. The number of amides is 3. The van der Waals surface area contributed by atoms with Crippen LogP contribution in [0.1, 0.15) is 12.0 Å². The molecule has 1 unspecified atom stereocenters. The maximum Gasteiger partial charge on any atom is 0.260 e. The minimum absolute atomic E-state index is 0.138. The number of thioether (sulfide) groups is 1. The van der Waals surface area contributed by atoms with Gasteiger partial charge in [0.1, 0.15) is 5.82 Å². The van der Waals surface area contributed by atoms with Crippen molar-refractivity contribution < 1.29 is 23.6 Å². The van der Waals surface area contributed by atoms with E-state index >= 15 is 0 Å². The maximum absolute atomic E-state index is 12.7. The van der Waals surface area contributed by atoms with Crippen molar-refractivity contribution >= 4 is 35.7 Å². The van der Waals surface area contributed by atoms with Gasteiger partial charge in [-0.25, -0.2) is 4.39 Å². The number of hydrogen-bond donors (Lipinski definition) is 1. The van der Waals surface area contributed by atoms with Gasteiger partial charge in [-0.05, 0) is 24.0 Å². The fourth-order valence-electron chi connectivity index (χ4n) is 2.17. The van der Waals surface area contributed by atoms with Gasteiger partial charge in [-0.15, -0.1) is 0 Å². The quantitative estimate of drug-likeness (QED) is 0.417. The summed E-state index contributed by atoms with van der Waals surface area (Å²) in [5.41, 5.74) is 0.635. The molecule has 1 fully saturated rings. The zero-order chi connectivity index (χ0) is 18.2. The van der Waals surface area contributed by atoms with E-state index in [1.807, 2.05) is 0 Å². The van der Waals surface area contributed by atoms with Crippen molar-refractivity contribution in [2.45, 2.75) is 11.7 Å². The van der Waals surface area contributed by atoms with Gasteiger partial charge < -0.3 is 10.2 Å². The fourth-order valence-corrected chi connectivity index (χ4v) is 2.81. The summed E-state index contributed by atoms with van der Waals surface area (Å²) in [6.45, 7) is -0.00517. The van der Waals surface area contributed by atoms with Gasteiger partial charge in [-0.3, -0.25) is 19.3 Å². The van der Waals surface area contributed by atoms with Crippen LogP contribution in [0.5, 0.6) is 0 Å². The molecule has 1 aliphatic rings. The van der Waals surface area contributed by atoms with Crippen molar-refractivity contribution in [3.05, 3.63) is 35.6 Å². The van der Waals surface area contributed by atoms with Crippen LogP contribution < -0.4 is 5.32 Å². The second-order valence-corrected chi connectivity index (χ2v) is 6.26. The SMILES string of the molecule is CSC1CC(=O)N(CCNC(=O)CO/N=C\c2ccc(F)cc2)C1=O. The number of hydrogen-bond acceptors (Lipinski definition) is 6. The molecular formula is C16H18FN3O4S. The molecule has 1 atom stereocenters. The zero-order valence-corrected chi connectivity index (χ0v) is 14.4. The Bertz CT molecular complexity index is 666. The number of halogens is 1. The molecule has 1 aromatic carbocycles. The van der Waals surface area contributed by atoms with Crippen LogP contribution in [0, 0.1) is 5.82 Å². The number of benzene rings is 1. The Hall–Kier alpha value is -2.42. The highest BCUT2D eigenvalue weighted by Gasteiger charge is 2.37. The Labute approximate surface area is 148 Å². The van der Waals surface area contributed by atoms with Gasteiger partial charge in [0.05, 0.1) is 11.5 Å². The topological polar surface area (TPSA) is 88.1 Å². The summed E-state index contributed by atoms with van der Waals surface area (Å²) in [5, 5.41) is 5.84. The van der Waals surface area contributed by atoms with E-state index in [2.05, 4.69) is 10.5 Å². The molecule has 0 spiro atoms. The Balaban J connectivity index is 1.65. The lowest BCUT2D eigenvalue weighted by atomic mass is 10.2. The number of rotatable bonds is 8. The molecule has 0 saturated carbocycles. The lowest BCUT2D eigenvalue weighted by Crippen LogP contribution is -2.39. The molecule has 0 radical (unpaired) electrons. The summed E-state index contributed by atoms with van der Waals surface area (Å²) in [5.74, 6) is -1.21. The van der Waals surface area contributed by atoms with Crippen molar-refractivity contribution in [2.24, 2.45) is 5.16 Å². The van der Waals surface area contributed by atoms with Crippen LogP contribution in [0.3, 0.4) is 0 Å². The summed E-state index contributed by atoms with van der Waals surface area (Å²) in [6, 6.07) is 5.62. The van der Waals surface area contributed by atoms with Crippen LogP contribution in [-0.4, -0.2) is 60.0 Å². The number of imide groups is 1. The molecular weight excluding hydrogens is 349 g/mol. The zero-order valence-electron chi connectivity index (χ0n) is 13.6. The predicted octanol–water partition coefficient (Wildman–Crippen LogP) is 0.783. The summed E-state index contributed by atoms with van der Waals surface area (Å²) in [4.78, 5) is 41.2. The molecule has 0 aromatic heterocycles. The van der Waals surface area contributed by atoms with Gasteiger partial charge in [0.25, 0.3) is 5.91 Å². The van der Waals surface area contributed by atoms with E-state index in [-0.39, 0.29) is 49.0 Å². The summed E-state index contributed by atoms with van der Waals surface area (Å²) in [7, 11) is 0. The first-order chi connectivity index (χ1) is 12.0. The standard InChI is InChI=1S/C16H18FN3O4S/c1-25-13-8-15(22)20(16(13)23)7-6-18-14(21)10-24-19-9-11-2-4-12(17)5-3-11/h2-5,9,13H,6-8,10H2,1H3,(H,18,21)/b19-9-. The molecule has 1 aromatic rings. The van der Waals surface area contributed by atoms with E-state index in [0.29, 0.717) is 5.56 Å². The molecule has 0 aliphatic carbocycles. The highest BCUT2D eigenvalue weighted by molar-refractivity contribution is 8.00. The third-order valence-corrected chi connectivity index (χ3v) is 4.42. The van der Waals surface area contributed by atoms with E-state index in [1.54, 1.807) is 6.26 Å². The maximum atomic E-state index is 12.7. The molecule has 3 amide bonds. The number of likely N-dealkylation sites (tertiary alicyclic amines) is 1. The molecule has 1 saturated heterocycles. The molecule has 7 nitrogen and oxygen atoms in total. The molecule has 0 bridgehead atoms. The molecule has 9 heteroatoms. The van der Waals surface area contributed by atoms with Gasteiger partial charge in [0.15, 0.2) is 6.61 Å². The molecule has 1 heterocycles. The van der Waals surface area contributed by atoms with Crippen LogP contribution in [0.4, 0.5) is 4.39 Å². The number of carbonyl (C=O) groups is 3. The summed E-state index contributed by atoms with van der Waals surface area (Å²) >= 11 is 1.34. The second-order valence-electron chi connectivity index (χ2n) is 5.22. The van der Waals surface area contributed by atoms with E-state index in [1.165, 1.54) is 42.2 Å². The first kappa shape index (κ1) is 18.9. The predicted molar refractivity (Wildman–Crippen MR) is 91.6 cm³/mol. The van der Waals surface area contributed by atoms with Crippen molar-refractivity contribution in [3.63, 3.8) is 0 Å². The fraction of sp³-hybridized carbons (Fsp3) is 0.375. The van der Waals surface area contributed by atoms with E-state index in [0.717, 1.165) is 4.90 Å². The van der Waals surface area contributed by atoms with Gasteiger partial charge in [0, 0.05) is 19.5 Å². The molecule has 1 aliphatic heterocycles. The van der Waals surface area contributed by atoms with Gasteiger partial charge in [-0.1, -0.05) is 17.3 Å². The second kappa shape index (κ2) is 9.16. The minimum Gasteiger partial charge on any atom is -0.386 e. The molecule has 134 valence electrons. The molecule has 1 N–H and O–H groups in total. The monoisotopic (exact) mass is 367 g/mol. The Morgan fingerprint density at radius 2 is 2.16 bits per heavy atom. The van der Waals surface area contributed by atoms with Gasteiger partial charge >= 0.3 is 0 Å². The van der Waals surface area contributed by atoms with Gasteiger partial charge in [0.2, 0.25) is 11.8 Å². The van der Waals surface area contributed by atoms with Crippen LogP contribution >= 0.6 is 11.8 Å². The lowest BCUT2D eigenvalue weighted by Gasteiger charge is -2.14. The molecule has 2 rings (SSSR count). The highest BCUT2D eigenvalue weighted by atomic mass is 32.2. The van der Waals surface area contributed by atoms with Crippen LogP contribution in [0.2, 0.25) is 0 Å². The normalized spacial score (nSPS) is 17.4. The highest BCUT2D eigenvalue weighted by Crippen LogP contribution is 2.22. The Morgan fingerprint density at radius 3 is 2.80 bits per heavy atom. The van der Waals surface area contributed by atoms with Crippen LogP contribution in [0.15, 0.2) is 29.4 Å². The van der Waals surface area contributed by atoms with Crippen molar-refractivity contribution in [3.8, 4) is 0 Å². The Kier molecular flexibility index (Phi) is 6.93. The van der Waals surface area contributed by atoms with E-state index in [4.69, 9.17) is 4.84 Å². The van der Waals surface area contributed by atoms with Crippen LogP contribution in [-0.2, 0) is 19.2 Å². The van der Waals surface area contributed by atoms with Gasteiger partial charge in [-0.2, -0.15) is 11.8 Å². The summed E-state index contributed by atoms with van der Waals surface area (Å²) in [6.07, 6.45) is 3.34. The lowest BCUT2D eigenvalue weighted by molar-refractivity contribution is -0.138. The number of nitrogens with zero attached hydrogens (tertiary/aromatic N) is 2. The number of nitrogens with one attached hydrogen (secondary N) is 1. The first-order valence-corrected chi connectivity index (χ1v) is 8.84. The summed E-state index contributed by atoms with van der Waals surface area (Å²) < 4.78 is 12.7. The average Bonchev–Trinajstić information content (AvgIpc) is 2.87. The van der Waals surface area contributed by atoms with E-state index < -0.39 is 5.91 Å². The van der Waals surface area contributed by atoms with Crippen molar-refractivity contribution in [1.82, 2.24) is 10.2 Å². The first-order valence-electron chi connectivity index (χ1n) is 7.56. The minimum atomic E-state index is -0.420. The number of carbonyl (C=O) groups excluding carboxylic acids is 3. The third kappa shape index (κ3) is 5.56. The largest absolute Gasteiger partial charge is 0.386 e. The van der Waals surface area contributed by atoms with E-state index in [9.17, 15) is 18.8 Å².